The van der Waals surface area contributed by atoms with E-state index in [1.165, 1.54) is 11.6 Å². The summed E-state index contributed by atoms with van der Waals surface area (Å²) in [5.41, 5.74) is 2.21. The maximum atomic E-state index is 13.0. The van der Waals surface area contributed by atoms with Gasteiger partial charge in [-0.25, -0.2) is 4.39 Å². The zero-order valence-electron chi connectivity index (χ0n) is 9.55. The van der Waals surface area contributed by atoms with E-state index < -0.39 is 0 Å². The molecule has 0 fully saturated rings. The first kappa shape index (κ1) is 11.9. The Kier molecular flexibility index (Phi) is 4.50. The minimum Gasteiger partial charge on any atom is -0.316 e. The third-order valence-corrected chi connectivity index (χ3v) is 2.32. The maximum absolute atomic E-state index is 13.0. The Hall–Kier alpha value is -1.15. The highest BCUT2D eigenvalue weighted by Crippen LogP contribution is 2.14. The second kappa shape index (κ2) is 5.66. The summed E-state index contributed by atoms with van der Waals surface area (Å²) in [6.45, 7) is 5.12. The van der Waals surface area contributed by atoms with Gasteiger partial charge >= 0.3 is 0 Å². The van der Waals surface area contributed by atoms with Crippen molar-refractivity contribution in [2.24, 2.45) is 5.92 Å². The highest BCUT2D eigenvalue weighted by Gasteiger charge is 2.02. The van der Waals surface area contributed by atoms with Crippen LogP contribution in [-0.2, 0) is 0 Å². The molecule has 0 aliphatic heterocycles. The molecule has 0 aliphatic rings. The molecule has 0 radical (unpaired) electrons. The van der Waals surface area contributed by atoms with Gasteiger partial charge in [0.05, 0.1) is 0 Å². The van der Waals surface area contributed by atoms with Crippen LogP contribution in [0, 0.1) is 11.7 Å². The molecule has 0 spiro atoms. The molecule has 0 bridgehead atoms. The lowest BCUT2D eigenvalue weighted by atomic mass is 10.0. The molecule has 1 rings (SSSR count). The Balaban J connectivity index is 2.91. The van der Waals surface area contributed by atoms with Crippen molar-refractivity contribution in [2.75, 3.05) is 13.6 Å². The minimum absolute atomic E-state index is 0.184. The fraction of sp³-hybridized carbons (Fsp3) is 0.385. The molecule has 2 heteroatoms. The van der Waals surface area contributed by atoms with Crippen LogP contribution in [0.3, 0.4) is 0 Å². The van der Waals surface area contributed by atoms with E-state index >= 15 is 0 Å². The third kappa shape index (κ3) is 3.84. The summed E-state index contributed by atoms with van der Waals surface area (Å²) in [4.78, 5) is 0. The van der Waals surface area contributed by atoms with Crippen molar-refractivity contribution in [2.45, 2.75) is 13.8 Å². The predicted molar refractivity (Wildman–Crippen MR) is 63.1 cm³/mol. The van der Waals surface area contributed by atoms with Gasteiger partial charge in [-0.3, -0.25) is 0 Å². The van der Waals surface area contributed by atoms with Gasteiger partial charge in [0, 0.05) is 6.54 Å². The molecule has 0 heterocycles. The first-order valence-electron chi connectivity index (χ1n) is 5.24. The van der Waals surface area contributed by atoms with Crippen LogP contribution >= 0.6 is 0 Å². The van der Waals surface area contributed by atoms with Gasteiger partial charge in [0.25, 0.3) is 0 Å². The first-order valence-corrected chi connectivity index (χ1v) is 5.24. The fourth-order valence-corrected chi connectivity index (χ4v) is 1.44. The van der Waals surface area contributed by atoms with Crippen molar-refractivity contribution < 1.29 is 4.39 Å². The number of hydrogen-bond donors (Lipinski definition) is 1. The van der Waals surface area contributed by atoms with Crippen molar-refractivity contribution in [3.63, 3.8) is 0 Å². The monoisotopic (exact) mass is 207 g/mol. The van der Waals surface area contributed by atoms with E-state index in [2.05, 4.69) is 19.2 Å². The molecular formula is C13H18FN. The van der Waals surface area contributed by atoms with Gasteiger partial charge in [-0.05, 0) is 30.7 Å². The Labute approximate surface area is 91.0 Å². The van der Waals surface area contributed by atoms with Crippen molar-refractivity contribution in [3.05, 3.63) is 41.2 Å². The number of hydrogen-bond acceptors (Lipinski definition) is 1. The maximum Gasteiger partial charge on any atom is 0.123 e. The number of halogens is 1. The third-order valence-electron chi connectivity index (χ3n) is 2.32. The van der Waals surface area contributed by atoms with E-state index in [1.807, 2.05) is 19.2 Å². The fourth-order valence-electron chi connectivity index (χ4n) is 1.44. The molecule has 1 nitrogen and oxygen atoms in total. The summed E-state index contributed by atoms with van der Waals surface area (Å²) < 4.78 is 13.0. The highest BCUT2D eigenvalue weighted by atomic mass is 19.1. The molecule has 1 aromatic carbocycles. The zero-order valence-corrected chi connectivity index (χ0v) is 9.55. The van der Waals surface area contributed by atoms with E-state index in [-0.39, 0.29) is 5.82 Å². The van der Waals surface area contributed by atoms with E-state index in [4.69, 9.17) is 0 Å². The summed E-state index contributed by atoms with van der Waals surface area (Å²) in [7, 11) is 1.92. The first-order chi connectivity index (χ1) is 7.13. The second-order valence-electron chi connectivity index (χ2n) is 3.96. The van der Waals surface area contributed by atoms with Crippen LogP contribution in [0.25, 0.3) is 6.08 Å². The number of benzene rings is 1. The largest absolute Gasteiger partial charge is 0.316 e. The Bertz CT molecular complexity index is 342. The van der Waals surface area contributed by atoms with Crippen LogP contribution < -0.4 is 5.32 Å². The van der Waals surface area contributed by atoms with Gasteiger partial charge in [-0.1, -0.05) is 37.6 Å². The summed E-state index contributed by atoms with van der Waals surface area (Å²) in [6.07, 6.45) is 2.05. The van der Waals surface area contributed by atoms with Crippen LogP contribution in [0.4, 0.5) is 4.39 Å². The number of likely N-dealkylation sites (N-methyl/N-ethyl adjacent to an activating group) is 1. The highest BCUT2D eigenvalue weighted by molar-refractivity contribution is 5.53. The topological polar surface area (TPSA) is 12.0 Å². The quantitative estimate of drug-likeness (QED) is 0.800. The van der Waals surface area contributed by atoms with Crippen LogP contribution in [0.5, 0.6) is 0 Å². The summed E-state index contributed by atoms with van der Waals surface area (Å²) >= 11 is 0. The molecule has 1 N–H and O–H groups in total. The minimum atomic E-state index is -0.184. The Morgan fingerprint density at radius 1 is 1.47 bits per heavy atom. The van der Waals surface area contributed by atoms with E-state index in [9.17, 15) is 4.39 Å². The van der Waals surface area contributed by atoms with Crippen molar-refractivity contribution in [1.29, 1.82) is 0 Å². The second-order valence-corrected chi connectivity index (χ2v) is 3.96. The van der Waals surface area contributed by atoms with Crippen LogP contribution in [-0.4, -0.2) is 13.6 Å². The molecule has 0 amide bonds. The summed E-state index contributed by atoms with van der Waals surface area (Å²) in [5.74, 6) is 0.289. The predicted octanol–water partition coefficient (Wildman–Crippen LogP) is 3.08. The molecule has 0 aromatic heterocycles. The van der Waals surface area contributed by atoms with Crippen molar-refractivity contribution in [3.8, 4) is 0 Å². The van der Waals surface area contributed by atoms with Crippen molar-refractivity contribution in [1.82, 2.24) is 5.32 Å². The molecule has 0 unspecified atom stereocenters. The van der Waals surface area contributed by atoms with E-state index in [1.54, 1.807) is 12.1 Å². The van der Waals surface area contributed by atoms with Crippen LogP contribution in [0.1, 0.15) is 19.4 Å². The average Bonchev–Trinajstić information content (AvgIpc) is 2.17. The zero-order chi connectivity index (χ0) is 11.3. The van der Waals surface area contributed by atoms with Crippen LogP contribution in [0.2, 0.25) is 0 Å². The van der Waals surface area contributed by atoms with Gasteiger partial charge in [0.2, 0.25) is 0 Å². The summed E-state index contributed by atoms with van der Waals surface area (Å²) in [5, 5.41) is 3.12. The summed E-state index contributed by atoms with van der Waals surface area (Å²) in [6, 6.07) is 6.67. The molecule has 82 valence electrons. The van der Waals surface area contributed by atoms with E-state index in [0.29, 0.717) is 5.92 Å². The number of nitrogens with one attached hydrogen (secondary N) is 1. The Morgan fingerprint density at radius 2 is 2.20 bits per heavy atom. The molecule has 15 heavy (non-hydrogen) atoms. The Morgan fingerprint density at radius 3 is 2.73 bits per heavy atom. The molecule has 0 saturated carbocycles. The molecular weight excluding hydrogens is 189 g/mol. The average molecular weight is 207 g/mol. The molecule has 0 aliphatic carbocycles. The van der Waals surface area contributed by atoms with Gasteiger partial charge in [-0.2, -0.15) is 0 Å². The van der Waals surface area contributed by atoms with Crippen molar-refractivity contribution >= 4 is 6.08 Å². The van der Waals surface area contributed by atoms with Gasteiger partial charge < -0.3 is 5.32 Å². The molecule has 0 saturated heterocycles. The lowest BCUT2D eigenvalue weighted by molar-refractivity contribution is 0.627. The lowest BCUT2D eigenvalue weighted by Crippen LogP contribution is -2.13. The number of rotatable bonds is 4. The molecule has 1 aromatic rings. The standard InChI is InChI=1S/C13H18FN/c1-10(2)12(9-15-3)7-11-5-4-6-13(14)8-11/h4-8,10,15H,9H2,1-3H3. The smallest absolute Gasteiger partial charge is 0.123 e. The van der Waals surface area contributed by atoms with Crippen LogP contribution in [0.15, 0.2) is 29.8 Å². The normalized spacial score (nSPS) is 12.2. The van der Waals surface area contributed by atoms with Gasteiger partial charge in [0.15, 0.2) is 0 Å². The lowest BCUT2D eigenvalue weighted by Gasteiger charge is -2.10. The van der Waals surface area contributed by atoms with Gasteiger partial charge in [-0.15, -0.1) is 0 Å². The SMILES string of the molecule is CNCC(=Cc1cccc(F)c1)C(C)C. The molecule has 0 atom stereocenters. The van der Waals surface area contributed by atoms with E-state index in [0.717, 1.165) is 12.1 Å². The van der Waals surface area contributed by atoms with Gasteiger partial charge in [0.1, 0.15) is 5.82 Å².